The Kier molecular flexibility index (Phi) is 8.20. The highest BCUT2D eigenvalue weighted by molar-refractivity contribution is 6.46. The van der Waals surface area contributed by atoms with E-state index in [4.69, 9.17) is 44.6 Å². The maximum Gasteiger partial charge on any atom is 0.422 e. The molecule has 1 aromatic carbocycles. The van der Waals surface area contributed by atoms with Crippen molar-refractivity contribution in [3.8, 4) is 5.75 Å². The van der Waals surface area contributed by atoms with Crippen molar-refractivity contribution >= 4 is 52.7 Å². The van der Waals surface area contributed by atoms with Crippen LogP contribution in [0.1, 0.15) is 55.3 Å². The van der Waals surface area contributed by atoms with E-state index in [0.717, 1.165) is 24.8 Å². The third-order valence-corrected chi connectivity index (χ3v) is 5.48. The molecule has 1 aromatic rings. The number of hydrogen-bond donors (Lipinski definition) is 1. The second-order valence-electron chi connectivity index (χ2n) is 6.34. The van der Waals surface area contributed by atoms with Crippen molar-refractivity contribution in [3.05, 3.63) is 26.7 Å². The first-order valence-corrected chi connectivity index (χ1v) is 9.74. The van der Waals surface area contributed by atoms with Gasteiger partial charge in [-0.05, 0) is 24.8 Å². The van der Waals surface area contributed by atoms with Gasteiger partial charge in [-0.15, -0.1) is 0 Å². The Balaban J connectivity index is 2.02. The van der Waals surface area contributed by atoms with E-state index < -0.39 is 23.7 Å². The Morgan fingerprint density at radius 2 is 1.74 bits per heavy atom. The van der Waals surface area contributed by atoms with Crippen LogP contribution in [0.4, 0.5) is 0 Å². The quantitative estimate of drug-likeness (QED) is 0.208. The van der Waals surface area contributed by atoms with E-state index >= 15 is 0 Å². The van der Waals surface area contributed by atoms with Gasteiger partial charge in [-0.1, -0.05) is 66.9 Å². The summed E-state index contributed by atoms with van der Waals surface area (Å²) in [6.45, 7) is 0.151. The average Bonchev–Trinajstić information content (AvgIpc) is 3.12. The zero-order chi connectivity index (χ0) is 20.0. The maximum absolute atomic E-state index is 12.4. The lowest BCUT2D eigenvalue weighted by Crippen LogP contribution is -2.21. The number of aliphatic carboxylic acids is 1. The molecule has 0 bridgehead atoms. The molecule has 2 rings (SSSR count). The van der Waals surface area contributed by atoms with E-state index in [2.05, 4.69) is 4.74 Å². The topological polar surface area (TPSA) is 89.9 Å². The molecule has 0 aromatic heterocycles. The van der Waals surface area contributed by atoms with Crippen LogP contribution in [0.3, 0.4) is 0 Å². The van der Waals surface area contributed by atoms with Crippen molar-refractivity contribution in [1.29, 1.82) is 0 Å². The van der Waals surface area contributed by atoms with Crippen molar-refractivity contribution in [3.63, 3.8) is 0 Å². The predicted molar refractivity (Wildman–Crippen MR) is 101 cm³/mol. The van der Waals surface area contributed by atoms with Crippen LogP contribution in [-0.4, -0.2) is 29.6 Å². The molecule has 1 N–H and O–H groups in total. The van der Waals surface area contributed by atoms with Crippen LogP contribution in [0.25, 0.3) is 0 Å². The molecule has 1 aliphatic rings. The number of benzene rings is 1. The summed E-state index contributed by atoms with van der Waals surface area (Å²) in [5, 5.41) is 8.17. The minimum Gasteiger partial charge on any atom is -0.473 e. The first kappa shape index (κ1) is 21.8. The second-order valence-corrected chi connectivity index (χ2v) is 7.53. The van der Waals surface area contributed by atoms with Gasteiger partial charge in [0, 0.05) is 0 Å². The van der Waals surface area contributed by atoms with E-state index in [0.29, 0.717) is 6.42 Å². The summed E-state index contributed by atoms with van der Waals surface area (Å²) in [6, 6.07) is 1.15. The summed E-state index contributed by atoms with van der Waals surface area (Å²) in [5.74, 6) is -4.08. The molecule has 27 heavy (non-hydrogen) atoms. The monoisotopic (exact) mass is 436 g/mol. The Morgan fingerprint density at radius 1 is 1.07 bits per heavy atom. The Labute approximate surface area is 171 Å². The van der Waals surface area contributed by atoms with Crippen LogP contribution < -0.4 is 4.74 Å². The molecule has 1 fully saturated rings. The second kappa shape index (κ2) is 10.2. The average molecular weight is 438 g/mol. The largest absolute Gasteiger partial charge is 0.473 e. The van der Waals surface area contributed by atoms with Gasteiger partial charge in [0.25, 0.3) is 0 Å². The Bertz CT molecular complexity index is 728. The SMILES string of the molecule is O=C(O)C(=O)Oc1c(Cl)cc(Cl)c(Cl)c1C(=O)OCCCCC1CCCC1. The highest BCUT2D eigenvalue weighted by Crippen LogP contribution is 2.40. The van der Waals surface area contributed by atoms with Crippen LogP contribution in [0, 0.1) is 5.92 Å². The number of halogens is 3. The summed E-state index contributed by atoms with van der Waals surface area (Å²) < 4.78 is 9.86. The highest BCUT2D eigenvalue weighted by Gasteiger charge is 2.27. The predicted octanol–water partition coefficient (Wildman–Crippen LogP) is 5.15. The van der Waals surface area contributed by atoms with Gasteiger partial charge in [-0.25, -0.2) is 14.4 Å². The number of carboxylic acids is 1. The zero-order valence-electron chi connectivity index (χ0n) is 14.4. The van der Waals surface area contributed by atoms with Gasteiger partial charge in [0.2, 0.25) is 0 Å². The van der Waals surface area contributed by atoms with Crippen molar-refractivity contribution < 1.29 is 29.0 Å². The number of ether oxygens (including phenoxy) is 2. The molecule has 0 amide bonds. The van der Waals surface area contributed by atoms with Gasteiger partial charge >= 0.3 is 17.9 Å². The van der Waals surface area contributed by atoms with Gasteiger partial charge in [-0.3, -0.25) is 0 Å². The fourth-order valence-electron chi connectivity index (χ4n) is 3.07. The number of rotatable bonds is 7. The smallest absolute Gasteiger partial charge is 0.422 e. The lowest BCUT2D eigenvalue weighted by Gasteiger charge is -2.13. The van der Waals surface area contributed by atoms with Gasteiger partial charge < -0.3 is 14.6 Å². The van der Waals surface area contributed by atoms with Gasteiger partial charge in [0.15, 0.2) is 5.75 Å². The minimum absolute atomic E-state index is 0.0509. The van der Waals surface area contributed by atoms with Gasteiger partial charge in [0.1, 0.15) is 5.56 Å². The van der Waals surface area contributed by atoms with E-state index in [1.165, 1.54) is 25.7 Å². The summed E-state index contributed by atoms with van der Waals surface area (Å²) in [4.78, 5) is 34.5. The van der Waals surface area contributed by atoms with Crippen LogP contribution in [0.15, 0.2) is 6.07 Å². The molecule has 0 aliphatic heterocycles. The third kappa shape index (κ3) is 5.99. The van der Waals surface area contributed by atoms with E-state index in [1.54, 1.807) is 0 Å². The summed E-state index contributed by atoms with van der Waals surface area (Å²) in [6.07, 6.45) is 7.80. The van der Waals surface area contributed by atoms with Gasteiger partial charge in [0.05, 0.1) is 21.7 Å². The van der Waals surface area contributed by atoms with Crippen LogP contribution in [0.2, 0.25) is 15.1 Å². The Hall–Kier alpha value is -1.50. The normalized spacial score (nSPS) is 14.2. The summed E-state index contributed by atoms with van der Waals surface area (Å²) in [7, 11) is 0. The summed E-state index contributed by atoms with van der Waals surface area (Å²) in [5.41, 5.74) is -0.375. The number of unbranched alkanes of at least 4 members (excludes halogenated alkanes) is 1. The van der Waals surface area contributed by atoms with E-state index in [-0.39, 0.29) is 27.2 Å². The first-order valence-electron chi connectivity index (χ1n) is 8.61. The molecule has 0 radical (unpaired) electrons. The molecule has 0 spiro atoms. The van der Waals surface area contributed by atoms with Crippen LogP contribution in [0.5, 0.6) is 5.75 Å². The molecule has 0 atom stereocenters. The molecule has 1 saturated carbocycles. The fraction of sp³-hybridized carbons (Fsp3) is 0.500. The Morgan fingerprint density at radius 3 is 2.37 bits per heavy atom. The molecule has 1 aliphatic carbocycles. The van der Waals surface area contributed by atoms with E-state index in [9.17, 15) is 14.4 Å². The number of carbonyl (C=O) groups excluding carboxylic acids is 2. The molecule has 0 heterocycles. The first-order chi connectivity index (χ1) is 12.8. The van der Waals surface area contributed by atoms with Crippen LogP contribution >= 0.6 is 34.8 Å². The van der Waals surface area contributed by atoms with Crippen molar-refractivity contribution in [2.45, 2.75) is 44.9 Å². The number of carboxylic acid groups (broad SMARTS) is 1. The highest BCUT2D eigenvalue weighted by atomic mass is 35.5. The molecular weight excluding hydrogens is 419 g/mol. The number of carbonyl (C=O) groups is 3. The van der Waals surface area contributed by atoms with Crippen molar-refractivity contribution in [1.82, 2.24) is 0 Å². The summed E-state index contributed by atoms with van der Waals surface area (Å²) >= 11 is 17.9. The minimum atomic E-state index is -1.84. The number of hydrogen-bond acceptors (Lipinski definition) is 5. The molecule has 9 heteroatoms. The maximum atomic E-state index is 12.4. The lowest BCUT2D eigenvalue weighted by atomic mass is 10.0. The molecular formula is C18H19Cl3O6. The standard InChI is InChI=1S/C18H19Cl3O6/c19-11-9-12(20)15(27-18(25)16(22)23)13(14(11)21)17(24)26-8-4-3-7-10-5-1-2-6-10/h9-10H,1-8H2,(H,22,23). The molecule has 0 saturated heterocycles. The zero-order valence-corrected chi connectivity index (χ0v) is 16.7. The van der Waals surface area contributed by atoms with Crippen molar-refractivity contribution in [2.24, 2.45) is 5.92 Å². The van der Waals surface area contributed by atoms with Gasteiger partial charge in [-0.2, -0.15) is 0 Å². The van der Waals surface area contributed by atoms with Crippen molar-refractivity contribution in [2.75, 3.05) is 6.61 Å². The molecule has 6 nitrogen and oxygen atoms in total. The lowest BCUT2D eigenvalue weighted by molar-refractivity contribution is -0.158. The molecule has 0 unspecified atom stereocenters. The number of esters is 2. The third-order valence-electron chi connectivity index (χ3n) is 4.41. The molecule has 148 valence electrons. The fourth-order valence-corrected chi connectivity index (χ4v) is 3.79. The van der Waals surface area contributed by atoms with Crippen LogP contribution in [-0.2, 0) is 14.3 Å². The van der Waals surface area contributed by atoms with E-state index in [1.807, 2.05) is 0 Å².